The third kappa shape index (κ3) is 3.52. The van der Waals surface area contributed by atoms with Crippen LogP contribution in [0, 0.1) is 0 Å². The molecule has 28 heavy (non-hydrogen) atoms. The van der Waals surface area contributed by atoms with Crippen molar-refractivity contribution in [1.82, 2.24) is 25.1 Å². The zero-order chi connectivity index (χ0) is 19.5. The Morgan fingerprint density at radius 2 is 1.82 bits per heavy atom. The lowest BCUT2D eigenvalue weighted by molar-refractivity contribution is 0.102. The molecule has 0 radical (unpaired) electrons. The van der Waals surface area contributed by atoms with Crippen molar-refractivity contribution in [2.45, 2.75) is 19.9 Å². The lowest BCUT2D eigenvalue weighted by Crippen LogP contribution is -2.13. The van der Waals surface area contributed by atoms with Gasteiger partial charge in [0.2, 0.25) is 5.82 Å². The van der Waals surface area contributed by atoms with Gasteiger partial charge in [-0.15, -0.1) is 5.10 Å². The third-order valence-corrected chi connectivity index (χ3v) is 4.14. The van der Waals surface area contributed by atoms with Crippen molar-refractivity contribution in [3.8, 4) is 22.8 Å². The predicted octanol–water partition coefficient (Wildman–Crippen LogP) is 3.83. The Bertz CT molecular complexity index is 1100. The highest BCUT2D eigenvalue weighted by Crippen LogP contribution is 2.25. The molecule has 4 aromatic rings. The van der Waals surface area contributed by atoms with Crippen molar-refractivity contribution >= 4 is 11.7 Å². The molecule has 1 amide bonds. The van der Waals surface area contributed by atoms with Crippen molar-refractivity contribution in [3.63, 3.8) is 0 Å². The Kier molecular flexibility index (Phi) is 4.67. The van der Waals surface area contributed by atoms with E-state index >= 15 is 0 Å². The van der Waals surface area contributed by atoms with Crippen LogP contribution in [0.2, 0.25) is 0 Å². The van der Waals surface area contributed by atoms with Gasteiger partial charge in [0.25, 0.3) is 11.8 Å². The molecule has 0 aliphatic heterocycles. The Balaban J connectivity index is 1.62. The zero-order valence-corrected chi connectivity index (χ0v) is 15.4. The fourth-order valence-corrected chi connectivity index (χ4v) is 2.67. The summed E-state index contributed by atoms with van der Waals surface area (Å²) in [6.45, 7) is 3.96. The van der Waals surface area contributed by atoms with E-state index in [-0.39, 0.29) is 17.8 Å². The maximum Gasteiger partial charge on any atom is 0.259 e. The molecule has 0 spiro atoms. The molecule has 0 atom stereocenters. The topological polar surface area (TPSA) is 98.7 Å². The molecule has 2 aromatic carbocycles. The summed E-state index contributed by atoms with van der Waals surface area (Å²) in [5.74, 6) is 0.788. The highest BCUT2D eigenvalue weighted by atomic mass is 16.5. The molecule has 8 heteroatoms. The van der Waals surface area contributed by atoms with E-state index in [2.05, 4.69) is 25.8 Å². The van der Waals surface area contributed by atoms with Crippen LogP contribution in [0.4, 0.5) is 5.82 Å². The number of carbonyl (C=O) groups excluding carboxylic acids is 1. The van der Waals surface area contributed by atoms with Crippen LogP contribution in [0.25, 0.3) is 22.8 Å². The Labute approximate surface area is 161 Å². The van der Waals surface area contributed by atoms with E-state index in [1.165, 1.54) is 0 Å². The average Bonchev–Trinajstić information content (AvgIpc) is 3.38. The summed E-state index contributed by atoms with van der Waals surface area (Å²) >= 11 is 0. The number of anilines is 1. The fraction of sp³-hybridized carbons (Fsp3) is 0.150. The van der Waals surface area contributed by atoms with Crippen molar-refractivity contribution in [2.24, 2.45) is 0 Å². The van der Waals surface area contributed by atoms with E-state index in [4.69, 9.17) is 4.52 Å². The van der Waals surface area contributed by atoms with Gasteiger partial charge in [-0.1, -0.05) is 52.8 Å². The first-order valence-electron chi connectivity index (χ1n) is 8.83. The molecule has 2 heterocycles. The highest BCUT2D eigenvalue weighted by molar-refractivity contribution is 6.07. The SMILES string of the molecule is CC(C)n1cc(NC(=O)c2ccccc2-c2nc(-c3ccccc3)no2)nn1. The van der Waals surface area contributed by atoms with Crippen LogP contribution < -0.4 is 5.32 Å². The summed E-state index contributed by atoms with van der Waals surface area (Å²) in [6.07, 6.45) is 1.69. The first-order chi connectivity index (χ1) is 13.6. The number of benzene rings is 2. The number of nitrogens with zero attached hydrogens (tertiary/aromatic N) is 5. The largest absolute Gasteiger partial charge is 0.334 e. The van der Waals surface area contributed by atoms with Crippen LogP contribution in [0.1, 0.15) is 30.2 Å². The van der Waals surface area contributed by atoms with Crippen LogP contribution in [-0.4, -0.2) is 31.0 Å². The minimum absolute atomic E-state index is 0.153. The number of aromatic nitrogens is 5. The van der Waals surface area contributed by atoms with E-state index < -0.39 is 0 Å². The van der Waals surface area contributed by atoms with Crippen LogP contribution in [0.3, 0.4) is 0 Å². The second-order valence-corrected chi connectivity index (χ2v) is 6.47. The highest BCUT2D eigenvalue weighted by Gasteiger charge is 2.19. The third-order valence-electron chi connectivity index (χ3n) is 4.14. The second-order valence-electron chi connectivity index (χ2n) is 6.47. The lowest BCUT2D eigenvalue weighted by atomic mass is 10.1. The van der Waals surface area contributed by atoms with E-state index in [1.807, 2.05) is 50.2 Å². The van der Waals surface area contributed by atoms with Crippen molar-refractivity contribution in [1.29, 1.82) is 0 Å². The number of hydrogen-bond acceptors (Lipinski definition) is 6. The standard InChI is InChI=1S/C20H18N6O2/c1-13(2)26-12-17(23-25-26)21-19(27)15-10-6-7-11-16(15)20-22-18(24-28-20)14-8-4-3-5-9-14/h3-13H,1-2H3,(H,21,27). The summed E-state index contributed by atoms with van der Waals surface area (Å²) in [6, 6.07) is 16.7. The van der Waals surface area contributed by atoms with Crippen LogP contribution in [-0.2, 0) is 0 Å². The minimum atomic E-state index is -0.328. The molecule has 0 fully saturated rings. The van der Waals surface area contributed by atoms with Gasteiger partial charge in [-0.25, -0.2) is 4.68 Å². The molecule has 8 nitrogen and oxygen atoms in total. The number of hydrogen-bond donors (Lipinski definition) is 1. The lowest BCUT2D eigenvalue weighted by Gasteiger charge is -2.05. The summed E-state index contributed by atoms with van der Waals surface area (Å²) in [7, 11) is 0. The maximum atomic E-state index is 12.8. The second kappa shape index (κ2) is 7.43. The van der Waals surface area contributed by atoms with Gasteiger partial charge >= 0.3 is 0 Å². The number of rotatable bonds is 5. The Morgan fingerprint density at radius 3 is 2.57 bits per heavy atom. The number of nitrogens with one attached hydrogen (secondary N) is 1. The molecule has 0 aliphatic carbocycles. The smallest absolute Gasteiger partial charge is 0.259 e. The van der Waals surface area contributed by atoms with Gasteiger partial charge < -0.3 is 9.84 Å². The molecule has 0 bridgehead atoms. The molecule has 4 rings (SSSR count). The van der Waals surface area contributed by atoms with Gasteiger partial charge in [-0.05, 0) is 26.0 Å². The van der Waals surface area contributed by atoms with E-state index in [9.17, 15) is 4.79 Å². The molecule has 0 unspecified atom stereocenters. The molecular weight excluding hydrogens is 356 g/mol. The molecule has 0 aliphatic rings. The van der Waals surface area contributed by atoms with Crippen molar-refractivity contribution in [3.05, 3.63) is 66.4 Å². The van der Waals surface area contributed by atoms with Gasteiger partial charge in [0, 0.05) is 11.6 Å². The quantitative estimate of drug-likeness (QED) is 0.570. The summed E-state index contributed by atoms with van der Waals surface area (Å²) in [5.41, 5.74) is 1.79. The van der Waals surface area contributed by atoms with E-state index in [1.54, 1.807) is 29.1 Å². The van der Waals surface area contributed by atoms with Gasteiger partial charge in [0.05, 0.1) is 17.3 Å². The molecule has 140 valence electrons. The zero-order valence-electron chi connectivity index (χ0n) is 15.4. The van der Waals surface area contributed by atoms with Crippen LogP contribution >= 0.6 is 0 Å². The molecule has 0 saturated carbocycles. The molecule has 1 N–H and O–H groups in total. The summed E-state index contributed by atoms with van der Waals surface area (Å²) in [5, 5.41) is 14.8. The molecule has 2 aromatic heterocycles. The van der Waals surface area contributed by atoms with E-state index in [0.29, 0.717) is 22.8 Å². The van der Waals surface area contributed by atoms with Gasteiger partial charge in [0.15, 0.2) is 5.82 Å². The maximum absolute atomic E-state index is 12.8. The van der Waals surface area contributed by atoms with E-state index in [0.717, 1.165) is 5.56 Å². The first kappa shape index (κ1) is 17.6. The number of amides is 1. The molecule has 0 saturated heterocycles. The van der Waals surface area contributed by atoms with Gasteiger partial charge in [-0.3, -0.25) is 4.79 Å². The minimum Gasteiger partial charge on any atom is -0.334 e. The Morgan fingerprint density at radius 1 is 1.07 bits per heavy atom. The predicted molar refractivity (Wildman–Crippen MR) is 104 cm³/mol. The normalized spacial score (nSPS) is 11.0. The van der Waals surface area contributed by atoms with Crippen molar-refractivity contribution < 1.29 is 9.32 Å². The monoisotopic (exact) mass is 374 g/mol. The summed E-state index contributed by atoms with van der Waals surface area (Å²) < 4.78 is 7.08. The fourth-order valence-electron chi connectivity index (χ4n) is 2.67. The average molecular weight is 374 g/mol. The van der Waals surface area contributed by atoms with Gasteiger partial charge in [0.1, 0.15) is 0 Å². The Hall–Kier alpha value is -3.81. The van der Waals surface area contributed by atoms with Gasteiger partial charge in [-0.2, -0.15) is 4.98 Å². The van der Waals surface area contributed by atoms with Crippen molar-refractivity contribution in [2.75, 3.05) is 5.32 Å². The first-order valence-corrected chi connectivity index (χ1v) is 8.83. The van der Waals surface area contributed by atoms with Crippen LogP contribution in [0.15, 0.2) is 65.3 Å². The summed E-state index contributed by atoms with van der Waals surface area (Å²) in [4.78, 5) is 17.2. The molecular formula is C20H18N6O2. The number of carbonyl (C=O) groups is 1. The van der Waals surface area contributed by atoms with Crippen LogP contribution in [0.5, 0.6) is 0 Å².